The number of hydrogen-bond donors (Lipinski definition) is 1. The zero-order valence-corrected chi connectivity index (χ0v) is 15.9. The number of nitrogens with zero attached hydrogens (tertiary/aromatic N) is 1. The van der Waals surface area contributed by atoms with E-state index >= 15 is 0 Å². The molecule has 6 nitrogen and oxygen atoms in total. The van der Waals surface area contributed by atoms with Crippen LogP contribution in [0.1, 0.15) is 6.92 Å². The first-order chi connectivity index (χ1) is 12.7. The van der Waals surface area contributed by atoms with Gasteiger partial charge >= 0.3 is 0 Å². The van der Waals surface area contributed by atoms with Gasteiger partial charge in [0.05, 0.1) is 11.9 Å². The number of rotatable bonds is 8. The maximum atomic E-state index is 14.1. The summed E-state index contributed by atoms with van der Waals surface area (Å²) in [4.78, 5) is 12.6. The highest BCUT2D eigenvalue weighted by Crippen LogP contribution is 2.25. The number of para-hydroxylation sites is 1. The standard InChI is InChI=1S/C19H21FN2O4S/c1-4-13-26-16-11-9-15(10-12-16)21-19(23)14(2)22(27(3,24)25)18-8-6-5-7-17(18)20/h4-12,14H,1,13H2,2-3H3,(H,21,23)/t14-/m1/s1. The lowest BCUT2D eigenvalue weighted by Crippen LogP contribution is -2.45. The maximum Gasteiger partial charge on any atom is 0.247 e. The molecule has 0 unspecified atom stereocenters. The van der Waals surface area contributed by atoms with Gasteiger partial charge in [0.15, 0.2) is 0 Å². The Morgan fingerprint density at radius 3 is 2.44 bits per heavy atom. The van der Waals surface area contributed by atoms with E-state index in [-0.39, 0.29) is 5.69 Å². The van der Waals surface area contributed by atoms with Crippen molar-refractivity contribution in [2.45, 2.75) is 13.0 Å². The zero-order valence-electron chi connectivity index (χ0n) is 15.1. The van der Waals surface area contributed by atoms with Crippen molar-refractivity contribution in [2.24, 2.45) is 0 Å². The normalized spacial score (nSPS) is 12.1. The molecule has 27 heavy (non-hydrogen) atoms. The van der Waals surface area contributed by atoms with Gasteiger partial charge in [-0.3, -0.25) is 9.10 Å². The Morgan fingerprint density at radius 2 is 1.89 bits per heavy atom. The molecule has 0 heterocycles. The molecule has 8 heteroatoms. The second-order valence-electron chi connectivity index (χ2n) is 5.80. The van der Waals surface area contributed by atoms with Gasteiger partial charge < -0.3 is 10.1 Å². The first-order valence-electron chi connectivity index (χ1n) is 8.12. The van der Waals surface area contributed by atoms with Crippen LogP contribution in [0, 0.1) is 5.82 Å². The number of ether oxygens (including phenoxy) is 1. The monoisotopic (exact) mass is 392 g/mol. The average molecular weight is 392 g/mol. The lowest BCUT2D eigenvalue weighted by atomic mass is 10.2. The van der Waals surface area contributed by atoms with Crippen molar-refractivity contribution in [3.63, 3.8) is 0 Å². The Kier molecular flexibility index (Phi) is 6.57. The number of nitrogens with one attached hydrogen (secondary N) is 1. The van der Waals surface area contributed by atoms with Crippen LogP contribution in [-0.4, -0.2) is 33.2 Å². The summed E-state index contributed by atoms with van der Waals surface area (Å²) in [6.07, 6.45) is 2.54. The van der Waals surface area contributed by atoms with Crippen molar-refractivity contribution >= 4 is 27.3 Å². The molecule has 0 aromatic heterocycles. The molecule has 0 aliphatic carbocycles. The molecule has 0 radical (unpaired) electrons. The van der Waals surface area contributed by atoms with Crippen LogP contribution in [0.2, 0.25) is 0 Å². The van der Waals surface area contributed by atoms with E-state index in [1.165, 1.54) is 25.1 Å². The van der Waals surface area contributed by atoms with Gasteiger partial charge in [-0.25, -0.2) is 12.8 Å². The number of benzene rings is 2. The molecule has 2 aromatic rings. The molecular formula is C19H21FN2O4S. The van der Waals surface area contributed by atoms with Crippen molar-refractivity contribution in [3.05, 3.63) is 67.0 Å². The van der Waals surface area contributed by atoms with E-state index in [9.17, 15) is 17.6 Å². The molecular weight excluding hydrogens is 371 g/mol. The molecule has 1 N–H and O–H groups in total. The fourth-order valence-corrected chi connectivity index (χ4v) is 3.62. The number of sulfonamides is 1. The van der Waals surface area contributed by atoms with E-state index in [0.29, 0.717) is 18.0 Å². The number of carbonyl (C=O) groups is 1. The molecule has 0 aliphatic heterocycles. The molecule has 0 saturated heterocycles. The van der Waals surface area contributed by atoms with Gasteiger partial charge in [-0.15, -0.1) is 0 Å². The zero-order chi connectivity index (χ0) is 20.0. The van der Waals surface area contributed by atoms with E-state index in [0.717, 1.165) is 16.6 Å². The van der Waals surface area contributed by atoms with E-state index in [1.54, 1.807) is 30.3 Å². The largest absolute Gasteiger partial charge is 0.490 e. The van der Waals surface area contributed by atoms with Gasteiger partial charge in [-0.1, -0.05) is 24.8 Å². The Hall–Kier alpha value is -2.87. The molecule has 0 fully saturated rings. The van der Waals surface area contributed by atoms with Crippen molar-refractivity contribution < 1.29 is 22.3 Å². The molecule has 0 saturated carbocycles. The second kappa shape index (κ2) is 8.68. The van der Waals surface area contributed by atoms with Crippen LogP contribution in [0.4, 0.5) is 15.8 Å². The van der Waals surface area contributed by atoms with E-state index in [1.807, 2.05) is 0 Å². The highest BCUT2D eigenvalue weighted by molar-refractivity contribution is 7.92. The van der Waals surface area contributed by atoms with E-state index < -0.39 is 27.8 Å². The fourth-order valence-electron chi connectivity index (χ4n) is 2.45. The Morgan fingerprint density at radius 1 is 1.26 bits per heavy atom. The summed E-state index contributed by atoms with van der Waals surface area (Å²) in [5, 5.41) is 2.62. The summed E-state index contributed by atoms with van der Waals surface area (Å²) in [6, 6.07) is 10.8. The lowest BCUT2D eigenvalue weighted by molar-refractivity contribution is -0.116. The second-order valence-corrected chi connectivity index (χ2v) is 7.66. The van der Waals surface area contributed by atoms with Gasteiger partial charge in [0.1, 0.15) is 24.2 Å². The summed E-state index contributed by atoms with van der Waals surface area (Å²) in [7, 11) is -3.89. The molecule has 0 aliphatic rings. The van der Waals surface area contributed by atoms with Crippen molar-refractivity contribution in [2.75, 3.05) is 22.5 Å². The Bertz CT molecular complexity index is 914. The molecule has 2 rings (SSSR count). The smallest absolute Gasteiger partial charge is 0.247 e. The summed E-state index contributed by atoms with van der Waals surface area (Å²) in [5.41, 5.74) is 0.274. The van der Waals surface area contributed by atoms with Crippen LogP contribution in [0.3, 0.4) is 0 Å². The number of carbonyl (C=O) groups excluding carboxylic acids is 1. The van der Waals surface area contributed by atoms with Crippen LogP contribution < -0.4 is 14.4 Å². The van der Waals surface area contributed by atoms with Gasteiger partial charge in [0.25, 0.3) is 0 Å². The van der Waals surface area contributed by atoms with Gasteiger partial charge in [-0.2, -0.15) is 0 Å². The molecule has 1 amide bonds. The first-order valence-corrected chi connectivity index (χ1v) is 9.97. The summed E-state index contributed by atoms with van der Waals surface area (Å²) in [6.45, 7) is 5.31. The third kappa shape index (κ3) is 5.30. The first kappa shape index (κ1) is 20.4. The molecule has 1 atom stereocenters. The van der Waals surface area contributed by atoms with E-state index in [2.05, 4.69) is 11.9 Å². The number of halogens is 1. The minimum atomic E-state index is -3.89. The summed E-state index contributed by atoms with van der Waals surface area (Å²) in [5.74, 6) is -0.722. The molecule has 144 valence electrons. The maximum absolute atomic E-state index is 14.1. The van der Waals surface area contributed by atoms with Crippen LogP contribution >= 0.6 is 0 Å². The van der Waals surface area contributed by atoms with Crippen LogP contribution in [0.5, 0.6) is 5.75 Å². The van der Waals surface area contributed by atoms with Gasteiger partial charge in [-0.05, 0) is 43.3 Å². The molecule has 0 spiro atoms. The van der Waals surface area contributed by atoms with Crippen LogP contribution in [0.15, 0.2) is 61.2 Å². The quantitative estimate of drug-likeness (QED) is 0.700. The summed E-state index contributed by atoms with van der Waals surface area (Å²) < 4.78 is 44.6. The highest BCUT2D eigenvalue weighted by atomic mass is 32.2. The predicted octanol–water partition coefficient (Wildman–Crippen LogP) is 3.18. The SMILES string of the molecule is C=CCOc1ccc(NC(=O)[C@@H](C)N(c2ccccc2F)S(C)(=O)=O)cc1. The highest BCUT2D eigenvalue weighted by Gasteiger charge is 2.30. The number of hydrogen-bond acceptors (Lipinski definition) is 4. The predicted molar refractivity (Wildman–Crippen MR) is 104 cm³/mol. The topological polar surface area (TPSA) is 75.7 Å². The number of anilines is 2. The lowest BCUT2D eigenvalue weighted by Gasteiger charge is -2.28. The Labute approximate surface area is 158 Å². The van der Waals surface area contributed by atoms with E-state index in [4.69, 9.17) is 4.74 Å². The van der Waals surface area contributed by atoms with Crippen molar-refractivity contribution in [3.8, 4) is 5.75 Å². The van der Waals surface area contributed by atoms with Crippen molar-refractivity contribution in [1.82, 2.24) is 0 Å². The van der Waals surface area contributed by atoms with Crippen LogP contribution in [-0.2, 0) is 14.8 Å². The fraction of sp³-hybridized carbons (Fsp3) is 0.211. The van der Waals surface area contributed by atoms with Crippen LogP contribution in [0.25, 0.3) is 0 Å². The Balaban J connectivity index is 2.20. The third-order valence-corrected chi connectivity index (χ3v) is 4.90. The average Bonchev–Trinajstić information content (AvgIpc) is 2.61. The van der Waals surface area contributed by atoms with Gasteiger partial charge in [0.2, 0.25) is 15.9 Å². The minimum Gasteiger partial charge on any atom is -0.490 e. The number of amides is 1. The van der Waals surface area contributed by atoms with Crippen molar-refractivity contribution in [1.29, 1.82) is 0 Å². The van der Waals surface area contributed by atoms with Gasteiger partial charge in [0, 0.05) is 5.69 Å². The summed E-state index contributed by atoms with van der Waals surface area (Å²) >= 11 is 0. The molecule has 0 bridgehead atoms. The minimum absolute atomic E-state index is 0.184. The molecule has 2 aromatic carbocycles. The third-order valence-electron chi connectivity index (χ3n) is 3.67.